The van der Waals surface area contributed by atoms with Crippen molar-refractivity contribution in [3.63, 3.8) is 0 Å². The lowest BCUT2D eigenvalue weighted by atomic mass is 10.00. The van der Waals surface area contributed by atoms with E-state index in [-0.39, 0.29) is 11.9 Å². The number of methoxy groups -OCH3 is 1. The predicted molar refractivity (Wildman–Crippen MR) is 93.9 cm³/mol. The largest absolute Gasteiger partial charge is 0.466 e. The summed E-state index contributed by atoms with van der Waals surface area (Å²) in [4.78, 5) is 37.3. The molecule has 1 heterocycles. The Morgan fingerprint density at radius 3 is 2.36 bits per heavy atom. The monoisotopic (exact) mass is 354 g/mol. The van der Waals surface area contributed by atoms with E-state index in [0.717, 1.165) is 0 Å². The first-order valence-electron chi connectivity index (χ1n) is 8.59. The maximum atomic E-state index is 12.5. The molecule has 7 heteroatoms. The number of esters is 1. The molecule has 0 bridgehead atoms. The number of carbonyl (C=O) groups excluding carboxylic acids is 3. The van der Waals surface area contributed by atoms with Gasteiger partial charge in [0.25, 0.3) is 0 Å². The van der Waals surface area contributed by atoms with Crippen LogP contribution in [0.4, 0.5) is 4.79 Å². The minimum atomic E-state index is -0.600. The zero-order valence-electron chi connectivity index (χ0n) is 16.0. The van der Waals surface area contributed by atoms with E-state index in [4.69, 9.17) is 4.74 Å². The van der Waals surface area contributed by atoms with Crippen molar-refractivity contribution in [3.8, 4) is 0 Å². The lowest BCUT2D eigenvalue weighted by Crippen LogP contribution is -2.60. The van der Waals surface area contributed by atoms with Crippen molar-refractivity contribution in [1.29, 1.82) is 0 Å². The molecule has 0 aromatic heterocycles. The third-order valence-corrected chi connectivity index (χ3v) is 3.67. The molecule has 1 saturated heterocycles. The van der Waals surface area contributed by atoms with E-state index in [1.54, 1.807) is 26.8 Å². The minimum absolute atomic E-state index is 0.239. The summed E-state index contributed by atoms with van der Waals surface area (Å²) in [6.07, 6.45) is 3.72. The van der Waals surface area contributed by atoms with Crippen LogP contribution in [-0.2, 0) is 19.1 Å². The highest BCUT2D eigenvalue weighted by Crippen LogP contribution is 2.22. The SMILES string of the molecule is COC(=O)C=CC(CC(C)C)NC(=O)C1CCN1C(=O)OC(C)(C)C. The first-order chi connectivity index (χ1) is 11.5. The van der Waals surface area contributed by atoms with Gasteiger partial charge in [0.05, 0.1) is 7.11 Å². The van der Waals surface area contributed by atoms with Crippen LogP contribution in [0.1, 0.15) is 47.5 Å². The van der Waals surface area contributed by atoms with Gasteiger partial charge < -0.3 is 14.8 Å². The fraction of sp³-hybridized carbons (Fsp3) is 0.722. The average Bonchev–Trinajstić information content (AvgIpc) is 2.40. The van der Waals surface area contributed by atoms with Crippen molar-refractivity contribution >= 4 is 18.0 Å². The van der Waals surface area contributed by atoms with Gasteiger partial charge in [0, 0.05) is 18.7 Å². The fourth-order valence-electron chi connectivity index (χ4n) is 2.43. The number of nitrogens with zero attached hydrogens (tertiary/aromatic N) is 1. The van der Waals surface area contributed by atoms with Crippen LogP contribution in [0.15, 0.2) is 12.2 Å². The molecule has 142 valence electrons. The van der Waals surface area contributed by atoms with Gasteiger partial charge in [-0.3, -0.25) is 9.69 Å². The van der Waals surface area contributed by atoms with Gasteiger partial charge in [-0.05, 0) is 39.5 Å². The molecule has 1 aliphatic heterocycles. The average molecular weight is 354 g/mol. The molecule has 1 aliphatic rings. The Balaban J connectivity index is 2.68. The summed E-state index contributed by atoms with van der Waals surface area (Å²) >= 11 is 0. The van der Waals surface area contributed by atoms with E-state index >= 15 is 0 Å². The Bertz CT molecular complexity index is 522. The van der Waals surface area contributed by atoms with E-state index in [2.05, 4.69) is 10.1 Å². The van der Waals surface area contributed by atoms with Gasteiger partial charge >= 0.3 is 12.1 Å². The van der Waals surface area contributed by atoms with Crippen LogP contribution in [-0.4, -0.2) is 54.2 Å². The second-order valence-electron chi connectivity index (χ2n) is 7.61. The van der Waals surface area contributed by atoms with E-state index < -0.39 is 23.7 Å². The van der Waals surface area contributed by atoms with Gasteiger partial charge in [-0.2, -0.15) is 0 Å². The number of likely N-dealkylation sites (tertiary alicyclic amines) is 1. The third-order valence-electron chi connectivity index (χ3n) is 3.67. The molecular formula is C18H30N2O5. The summed E-state index contributed by atoms with van der Waals surface area (Å²) < 4.78 is 9.89. The number of carbonyl (C=O) groups is 3. The lowest BCUT2D eigenvalue weighted by Gasteiger charge is -2.40. The zero-order chi connectivity index (χ0) is 19.2. The Kier molecular flexibility index (Phi) is 7.45. The zero-order valence-corrected chi connectivity index (χ0v) is 16.0. The highest BCUT2D eigenvalue weighted by Gasteiger charge is 2.40. The molecule has 2 amide bonds. The van der Waals surface area contributed by atoms with Crippen molar-refractivity contribution in [3.05, 3.63) is 12.2 Å². The molecule has 0 aromatic rings. The van der Waals surface area contributed by atoms with Gasteiger partial charge in [0.15, 0.2) is 0 Å². The Hall–Kier alpha value is -2.05. The van der Waals surface area contributed by atoms with E-state index in [9.17, 15) is 14.4 Å². The molecule has 7 nitrogen and oxygen atoms in total. The molecule has 1 fully saturated rings. The van der Waals surface area contributed by atoms with Crippen LogP contribution in [0.3, 0.4) is 0 Å². The summed E-state index contributed by atoms with van der Waals surface area (Å²) in [7, 11) is 1.30. The maximum Gasteiger partial charge on any atom is 0.410 e. The quantitative estimate of drug-likeness (QED) is 0.584. The van der Waals surface area contributed by atoms with Gasteiger partial charge in [-0.15, -0.1) is 0 Å². The first kappa shape index (κ1) is 21.0. The van der Waals surface area contributed by atoms with Crippen LogP contribution in [0, 0.1) is 5.92 Å². The van der Waals surface area contributed by atoms with Crippen molar-refractivity contribution in [2.45, 2.75) is 65.1 Å². The fourth-order valence-corrected chi connectivity index (χ4v) is 2.43. The molecule has 0 radical (unpaired) electrons. The van der Waals surface area contributed by atoms with Crippen molar-refractivity contribution in [2.75, 3.05) is 13.7 Å². The second kappa shape index (κ2) is 8.87. The topological polar surface area (TPSA) is 84.9 Å². The number of amides is 2. The number of nitrogens with one attached hydrogen (secondary N) is 1. The summed E-state index contributed by atoms with van der Waals surface area (Å²) in [5.74, 6) is -0.379. The smallest absolute Gasteiger partial charge is 0.410 e. The molecule has 2 unspecified atom stereocenters. The second-order valence-corrected chi connectivity index (χ2v) is 7.61. The minimum Gasteiger partial charge on any atom is -0.466 e. The highest BCUT2D eigenvalue weighted by molar-refractivity contribution is 5.88. The van der Waals surface area contributed by atoms with Gasteiger partial charge in [-0.25, -0.2) is 9.59 Å². The van der Waals surface area contributed by atoms with Crippen molar-refractivity contribution in [1.82, 2.24) is 10.2 Å². The Labute approximate surface area is 149 Å². The molecule has 0 aromatic carbocycles. The number of ether oxygens (including phenoxy) is 2. The molecule has 1 N–H and O–H groups in total. The summed E-state index contributed by atoms with van der Waals surface area (Å²) in [5, 5.41) is 2.89. The van der Waals surface area contributed by atoms with Crippen molar-refractivity contribution in [2.24, 2.45) is 5.92 Å². The van der Waals surface area contributed by atoms with E-state index in [1.807, 2.05) is 13.8 Å². The number of hydrogen-bond donors (Lipinski definition) is 1. The standard InChI is InChI=1S/C18H30N2O5/c1-12(2)11-13(7-8-15(21)24-6)19-16(22)14-9-10-20(14)17(23)25-18(3,4)5/h7-8,12-14H,9-11H2,1-6H3,(H,19,22). The third kappa shape index (κ3) is 7.15. The predicted octanol–water partition coefficient (Wildman–Crippen LogP) is 2.26. The molecule has 25 heavy (non-hydrogen) atoms. The van der Waals surface area contributed by atoms with Crippen LogP contribution in [0.5, 0.6) is 0 Å². The highest BCUT2D eigenvalue weighted by atomic mass is 16.6. The van der Waals surface area contributed by atoms with Crippen molar-refractivity contribution < 1.29 is 23.9 Å². The van der Waals surface area contributed by atoms with Crippen LogP contribution in [0.2, 0.25) is 0 Å². The maximum absolute atomic E-state index is 12.5. The van der Waals surface area contributed by atoms with E-state index in [1.165, 1.54) is 18.1 Å². The van der Waals surface area contributed by atoms with Gasteiger partial charge in [0.2, 0.25) is 5.91 Å². The van der Waals surface area contributed by atoms with E-state index in [0.29, 0.717) is 25.3 Å². The molecule has 0 aliphatic carbocycles. The van der Waals surface area contributed by atoms with Gasteiger partial charge in [0.1, 0.15) is 11.6 Å². The van der Waals surface area contributed by atoms with Gasteiger partial charge in [-0.1, -0.05) is 19.9 Å². The lowest BCUT2D eigenvalue weighted by molar-refractivity contribution is -0.135. The Morgan fingerprint density at radius 1 is 1.28 bits per heavy atom. The molecule has 0 spiro atoms. The summed E-state index contributed by atoms with van der Waals surface area (Å²) in [6.45, 7) is 9.92. The first-order valence-corrected chi connectivity index (χ1v) is 8.59. The van der Waals surface area contributed by atoms with Crippen LogP contribution < -0.4 is 5.32 Å². The number of hydrogen-bond acceptors (Lipinski definition) is 5. The normalized spacial score (nSPS) is 18.7. The van der Waals surface area contributed by atoms with Crippen LogP contribution in [0.25, 0.3) is 0 Å². The Morgan fingerprint density at radius 2 is 1.92 bits per heavy atom. The number of rotatable bonds is 6. The summed E-state index contributed by atoms with van der Waals surface area (Å²) in [5.41, 5.74) is -0.600. The summed E-state index contributed by atoms with van der Waals surface area (Å²) in [6, 6.07) is -0.830. The van der Waals surface area contributed by atoms with Crippen LogP contribution >= 0.6 is 0 Å². The molecular weight excluding hydrogens is 324 g/mol. The molecule has 1 rings (SSSR count). The molecule has 2 atom stereocenters. The molecule has 0 saturated carbocycles.